The van der Waals surface area contributed by atoms with Crippen LogP contribution in [0.2, 0.25) is 0 Å². The normalized spacial score (nSPS) is 15.6. The van der Waals surface area contributed by atoms with Crippen LogP contribution < -0.4 is 11.3 Å². The third kappa shape index (κ3) is 1.91. The van der Waals surface area contributed by atoms with Crippen LogP contribution in [0.15, 0.2) is 6.20 Å². The lowest BCUT2D eigenvalue weighted by molar-refractivity contribution is 0.308. The molecule has 1 fully saturated rings. The van der Waals surface area contributed by atoms with Gasteiger partial charge in [-0.15, -0.1) is 0 Å². The van der Waals surface area contributed by atoms with Crippen molar-refractivity contribution < 1.29 is 0 Å². The minimum atomic E-state index is 0.632. The Hall–Kier alpha value is -1.73. The highest BCUT2D eigenvalue weighted by atomic mass is 15.3. The summed E-state index contributed by atoms with van der Waals surface area (Å²) in [6.45, 7) is 0.737. The van der Waals surface area contributed by atoms with Crippen molar-refractivity contribution in [1.82, 2.24) is 24.6 Å². The quantitative estimate of drug-likeness (QED) is 0.595. The first-order chi connectivity index (χ1) is 8.69. The van der Waals surface area contributed by atoms with E-state index in [4.69, 9.17) is 5.84 Å². The van der Waals surface area contributed by atoms with Gasteiger partial charge in [0.05, 0.1) is 18.1 Å². The van der Waals surface area contributed by atoms with Crippen molar-refractivity contribution in [1.29, 1.82) is 0 Å². The van der Waals surface area contributed by atoms with Gasteiger partial charge in [-0.05, 0) is 19.9 Å². The van der Waals surface area contributed by atoms with Crippen molar-refractivity contribution in [2.24, 2.45) is 12.9 Å². The first kappa shape index (κ1) is 11.4. The molecule has 0 amide bonds. The van der Waals surface area contributed by atoms with Gasteiger partial charge in [0, 0.05) is 13.1 Å². The molecule has 2 aromatic rings. The standard InChI is InChI=1S/C11H17N7/c1-17(7-3-4-7)6-9-14-10(16-12)8-5-13-18(2)11(8)15-9/h5,7H,3-4,6,12H2,1-2H3,(H,14,15,16). The third-order valence-corrected chi connectivity index (χ3v) is 3.34. The lowest BCUT2D eigenvalue weighted by Crippen LogP contribution is -2.22. The average Bonchev–Trinajstić information content (AvgIpc) is 3.15. The molecule has 7 heteroatoms. The molecule has 2 heterocycles. The summed E-state index contributed by atoms with van der Waals surface area (Å²) in [5.41, 5.74) is 3.42. The maximum Gasteiger partial charge on any atom is 0.163 e. The fourth-order valence-electron chi connectivity index (χ4n) is 2.12. The smallest absolute Gasteiger partial charge is 0.163 e. The van der Waals surface area contributed by atoms with E-state index in [1.54, 1.807) is 10.9 Å². The molecule has 7 nitrogen and oxygen atoms in total. The highest BCUT2D eigenvalue weighted by Crippen LogP contribution is 2.27. The first-order valence-corrected chi connectivity index (χ1v) is 6.04. The van der Waals surface area contributed by atoms with Crippen LogP contribution in [-0.4, -0.2) is 37.7 Å². The van der Waals surface area contributed by atoms with Crippen LogP contribution >= 0.6 is 0 Å². The molecule has 0 radical (unpaired) electrons. The van der Waals surface area contributed by atoms with E-state index in [-0.39, 0.29) is 0 Å². The molecule has 0 spiro atoms. The zero-order chi connectivity index (χ0) is 12.7. The van der Waals surface area contributed by atoms with Crippen molar-refractivity contribution in [3.05, 3.63) is 12.0 Å². The highest BCUT2D eigenvalue weighted by molar-refractivity contribution is 5.86. The lowest BCUT2D eigenvalue weighted by Gasteiger charge is -2.14. The van der Waals surface area contributed by atoms with Crippen molar-refractivity contribution in [2.75, 3.05) is 12.5 Å². The molecule has 1 aliphatic carbocycles. The van der Waals surface area contributed by atoms with E-state index >= 15 is 0 Å². The number of nitrogen functional groups attached to an aromatic ring is 1. The van der Waals surface area contributed by atoms with Crippen LogP contribution in [0.5, 0.6) is 0 Å². The number of hydrogen-bond donors (Lipinski definition) is 2. The van der Waals surface area contributed by atoms with Crippen LogP contribution in [0.4, 0.5) is 5.82 Å². The summed E-state index contributed by atoms with van der Waals surface area (Å²) in [6, 6.07) is 0.685. The van der Waals surface area contributed by atoms with E-state index in [2.05, 4.69) is 32.4 Å². The van der Waals surface area contributed by atoms with Gasteiger partial charge in [-0.2, -0.15) is 5.10 Å². The summed E-state index contributed by atoms with van der Waals surface area (Å²) in [5.74, 6) is 6.91. The van der Waals surface area contributed by atoms with E-state index in [1.165, 1.54) is 12.8 Å². The van der Waals surface area contributed by atoms with E-state index in [1.807, 2.05) is 7.05 Å². The Bertz CT molecular complexity index is 572. The first-order valence-electron chi connectivity index (χ1n) is 6.04. The van der Waals surface area contributed by atoms with Crippen molar-refractivity contribution >= 4 is 16.9 Å². The van der Waals surface area contributed by atoms with Crippen LogP contribution in [-0.2, 0) is 13.6 Å². The molecular formula is C11H17N7. The number of hydrogen-bond acceptors (Lipinski definition) is 6. The number of aryl methyl sites for hydroxylation is 1. The maximum atomic E-state index is 5.51. The molecule has 96 valence electrons. The Labute approximate surface area is 105 Å². The molecule has 18 heavy (non-hydrogen) atoms. The molecule has 0 unspecified atom stereocenters. The SMILES string of the molecule is CN(Cc1nc(NN)c2cnn(C)c2n1)C1CC1. The van der Waals surface area contributed by atoms with Crippen LogP contribution in [0.1, 0.15) is 18.7 Å². The van der Waals surface area contributed by atoms with E-state index in [9.17, 15) is 0 Å². The second-order valence-electron chi connectivity index (χ2n) is 4.78. The molecule has 3 N–H and O–H groups in total. The van der Waals surface area contributed by atoms with Crippen LogP contribution in [0, 0.1) is 0 Å². The van der Waals surface area contributed by atoms with Gasteiger partial charge in [0.15, 0.2) is 11.5 Å². The fourth-order valence-corrected chi connectivity index (χ4v) is 2.12. The van der Waals surface area contributed by atoms with Crippen molar-refractivity contribution in [2.45, 2.75) is 25.4 Å². The molecule has 1 saturated carbocycles. The number of nitrogens with one attached hydrogen (secondary N) is 1. The molecule has 0 atom stereocenters. The highest BCUT2D eigenvalue weighted by Gasteiger charge is 2.26. The molecule has 2 aromatic heterocycles. The molecule has 0 aliphatic heterocycles. The molecular weight excluding hydrogens is 230 g/mol. The second-order valence-corrected chi connectivity index (χ2v) is 4.78. The number of nitrogens with two attached hydrogens (primary N) is 1. The minimum Gasteiger partial charge on any atom is -0.308 e. The predicted octanol–water partition coefficient (Wildman–Crippen LogP) is 0.243. The molecule has 0 aromatic carbocycles. The van der Waals surface area contributed by atoms with E-state index in [0.717, 1.165) is 23.4 Å². The Morgan fingerprint density at radius 1 is 1.50 bits per heavy atom. The van der Waals surface area contributed by atoms with Crippen LogP contribution in [0.25, 0.3) is 11.0 Å². The fraction of sp³-hybridized carbons (Fsp3) is 0.545. The van der Waals surface area contributed by atoms with Gasteiger partial charge in [-0.3, -0.25) is 9.58 Å². The minimum absolute atomic E-state index is 0.632. The number of anilines is 1. The van der Waals surface area contributed by atoms with Gasteiger partial charge >= 0.3 is 0 Å². The van der Waals surface area contributed by atoms with Gasteiger partial charge in [0.1, 0.15) is 5.82 Å². The number of aromatic nitrogens is 4. The molecule has 0 saturated heterocycles. The lowest BCUT2D eigenvalue weighted by atomic mass is 10.3. The molecule has 3 rings (SSSR count). The Balaban J connectivity index is 1.98. The summed E-state index contributed by atoms with van der Waals surface area (Å²) >= 11 is 0. The van der Waals surface area contributed by atoms with Gasteiger partial charge in [0.2, 0.25) is 0 Å². The van der Waals surface area contributed by atoms with Gasteiger partial charge < -0.3 is 5.43 Å². The van der Waals surface area contributed by atoms with E-state index in [0.29, 0.717) is 11.9 Å². The topological polar surface area (TPSA) is 84.9 Å². The monoisotopic (exact) mass is 247 g/mol. The number of nitrogens with zero attached hydrogens (tertiary/aromatic N) is 5. The summed E-state index contributed by atoms with van der Waals surface area (Å²) in [5, 5.41) is 5.02. The van der Waals surface area contributed by atoms with E-state index < -0.39 is 0 Å². The summed E-state index contributed by atoms with van der Waals surface area (Å²) in [6.07, 6.45) is 4.26. The van der Waals surface area contributed by atoms with Crippen molar-refractivity contribution in [3.63, 3.8) is 0 Å². The van der Waals surface area contributed by atoms with Gasteiger partial charge in [0.25, 0.3) is 0 Å². The zero-order valence-electron chi connectivity index (χ0n) is 10.6. The molecule has 1 aliphatic rings. The van der Waals surface area contributed by atoms with Gasteiger partial charge in [-0.25, -0.2) is 15.8 Å². The number of fused-ring (bicyclic) bond motifs is 1. The Morgan fingerprint density at radius 3 is 2.94 bits per heavy atom. The largest absolute Gasteiger partial charge is 0.308 e. The van der Waals surface area contributed by atoms with Crippen molar-refractivity contribution in [3.8, 4) is 0 Å². The van der Waals surface area contributed by atoms with Gasteiger partial charge in [-0.1, -0.05) is 0 Å². The second kappa shape index (κ2) is 4.18. The molecule has 0 bridgehead atoms. The average molecular weight is 247 g/mol. The van der Waals surface area contributed by atoms with Crippen LogP contribution in [0.3, 0.4) is 0 Å². The number of hydrazine groups is 1. The maximum absolute atomic E-state index is 5.51. The predicted molar refractivity (Wildman–Crippen MR) is 68.6 cm³/mol. The Kier molecular flexibility index (Phi) is 2.64. The Morgan fingerprint density at radius 2 is 2.28 bits per heavy atom. The summed E-state index contributed by atoms with van der Waals surface area (Å²) in [7, 11) is 3.97. The summed E-state index contributed by atoms with van der Waals surface area (Å²) in [4.78, 5) is 11.3. The third-order valence-electron chi connectivity index (χ3n) is 3.34. The zero-order valence-corrected chi connectivity index (χ0v) is 10.6. The number of rotatable bonds is 4. The summed E-state index contributed by atoms with van der Waals surface area (Å²) < 4.78 is 1.73.